The number of rotatable bonds is 3. The lowest BCUT2D eigenvalue weighted by Gasteiger charge is -2.34. The molecule has 5 heteroatoms. The molecule has 1 saturated heterocycles. The minimum atomic E-state index is 0.493. The molecule has 1 aliphatic rings. The van der Waals surface area contributed by atoms with Crippen molar-refractivity contribution in [2.45, 2.75) is 25.9 Å². The standard InChI is InChI=1S/C14H20N4O/c1-2-11-9-19-6-5-18(11)8-14-16-12-4-3-10(15)7-13(12)17-14/h3-4,7,11H,2,5-6,8-9,15H2,1H3,(H,16,17). The third kappa shape index (κ3) is 2.57. The molecule has 0 aliphatic carbocycles. The van der Waals surface area contributed by atoms with Crippen molar-refractivity contribution in [3.8, 4) is 0 Å². The fourth-order valence-electron chi connectivity index (χ4n) is 2.62. The highest BCUT2D eigenvalue weighted by atomic mass is 16.5. The SMILES string of the molecule is CCC1COCCN1Cc1nc2ccc(N)cc2[nH]1. The number of imidazole rings is 1. The Labute approximate surface area is 112 Å². The van der Waals surface area contributed by atoms with E-state index in [1.807, 2.05) is 18.2 Å². The molecule has 0 bridgehead atoms. The summed E-state index contributed by atoms with van der Waals surface area (Å²) < 4.78 is 5.53. The Balaban J connectivity index is 1.80. The lowest BCUT2D eigenvalue weighted by atomic mass is 10.2. The molecule has 0 spiro atoms. The molecule has 1 unspecified atom stereocenters. The Morgan fingerprint density at radius 3 is 3.26 bits per heavy atom. The Morgan fingerprint density at radius 2 is 2.42 bits per heavy atom. The first-order valence-electron chi connectivity index (χ1n) is 6.82. The number of nitrogens with two attached hydrogens (primary N) is 1. The minimum absolute atomic E-state index is 0.493. The summed E-state index contributed by atoms with van der Waals surface area (Å²) in [4.78, 5) is 10.4. The van der Waals surface area contributed by atoms with Crippen LogP contribution >= 0.6 is 0 Å². The van der Waals surface area contributed by atoms with Gasteiger partial charge in [-0.2, -0.15) is 0 Å². The molecule has 19 heavy (non-hydrogen) atoms. The summed E-state index contributed by atoms with van der Waals surface area (Å²) in [6.45, 7) is 5.65. The summed E-state index contributed by atoms with van der Waals surface area (Å²) in [5, 5.41) is 0. The number of fused-ring (bicyclic) bond motifs is 1. The van der Waals surface area contributed by atoms with Crippen LogP contribution < -0.4 is 5.73 Å². The van der Waals surface area contributed by atoms with Gasteiger partial charge >= 0.3 is 0 Å². The predicted molar refractivity (Wildman–Crippen MR) is 75.8 cm³/mol. The Hall–Kier alpha value is -1.59. The number of morpholine rings is 1. The number of anilines is 1. The summed E-state index contributed by atoms with van der Waals surface area (Å²) in [6.07, 6.45) is 1.10. The van der Waals surface area contributed by atoms with Crippen LogP contribution in [0.3, 0.4) is 0 Å². The molecule has 1 atom stereocenters. The molecule has 5 nitrogen and oxygen atoms in total. The summed E-state index contributed by atoms with van der Waals surface area (Å²) in [5.41, 5.74) is 8.54. The van der Waals surface area contributed by atoms with Crippen molar-refractivity contribution in [2.75, 3.05) is 25.5 Å². The van der Waals surface area contributed by atoms with Crippen LogP contribution in [0.1, 0.15) is 19.2 Å². The van der Waals surface area contributed by atoms with Crippen LogP contribution in [-0.2, 0) is 11.3 Å². The van der Waals surface area contributed by atoms with E-state index in [2.05, 4.69) is 21.8 Å². The van der Waals surface area contributed by atoms with Crippen molar-refractivity contribution in [3.63, 3.8) is 0 Å². The van der Waals surface area contributed by atoms with Gasteiger partial charge < -0.3 is 15.5 Å². The number of nitrogen functional groups attached to an aromatic ring is 1. The molecular formula is C14H20N4O. The number of ether oxygens (including phenoxy) is 1. The van der Waals surface area contributed by atoms with Gasteiger partial charge in [-0.3, -0.25) is 4.90 Å². The average molecular weight is 260 g/mol. The van der Waals surface area contributed by atoms with Gasteiger partial charge in [0.1, 0.15) is 5.82 Å². The van der Waals surface area contributed by atoms with Gasteiger partial charge in [0.05, 0.1) is 30.8 Å². The topological polar surface area (TPSA) is 67.2 Å². The lowest BCUT2D eigenvalue weighted by Crippen LogP contribution is -2.44. The molecule has 102 valence electrons. The first-order valence-corrected chi connectivity index (χ1v) is 6.82. The van der Waals surface area contributed by atoms with Gasteiger partial charge in [-0.25, -0.2) is 4.98 Å². The Kier molecular flexibility index (Phi) is 3.40. The molecule has 0 saturated carbocycles. The molecule has 3 N–H and O–H groups in total. The number of aromatic nitrogens is 2. The molecular weight excluding hydrogens is 240 g/mol. The molecule has 3 rings (SSSR count). The normalized spacial score (nSPS) is 21.0. The largest absolute Gasteiger partial charge is 0.399 e. The third-order valence-electron chi connectivity index (χ3n) is 3.73. The molecule has 2 heterocycles. The van der Waals surface area contributed by atoms with Crippen molar-refractivity contribution >= 4 is 16.7 Å². The number of hydrogen-bond acceptors (Lipinski definition) is 4. The quantitative estimate of drug-likeness (QED) is 0.825. The van der Waals surface area contributed by atoms with Crippen LogP contribution in [0.15, 0.2) is 18.2 Å². The summed E-state index contributed by atoms with van der Waals surface area (Å²) >= 11 is 0. The summed E-state index contributed by atoms with van der Waals surface area (Å²) in [5.74, 6) is 1.00. The second-order valence-corrected chi connectivity index (χ2v) is 5.07. The first-order chi connectivity index (χ1) is 9.26. The van der Waals surface area contributed by atoms with Crippen LogP contribution in [-0.4, -0.2) is 40.7 Å². The van der Waals surface area contributed by atoms with Gasteiger partial charge in [-0.1, -0.05) is 6.92 Å². The number of nitrogens with one attached hydrogen (secondary N) is 1. The first kappa shape index (κ1) is 12.4. The van der Waals surface area contributed by atoms with Crippen molar-refractivity contribution in [2.24, 2.45) is 0 Å². The van der Waals surface area contributed by atoms with E-state index in [1.54, 1.807) is 0 Å². The van der Waals surface area contributed by atoms with Gasteiger partial charge in [-0.05, 0) is 24.6 Å². The van der Waals surface area contributed by atoms with Crippen LogP contribution in [0, 0.1) is 0 Å². The van der Waals surface area contributed by atoms with Gasteiger partial charge in [0.2, 0.25) is 0 Å². The van der Waals surface area contributed by atoms with E-state index in [9.17, 15) is 0 Å². The zero-order valence-electron chi connectivity index (χ0n) is 11.2. The zero-order chi connectivity index (χ0) is 13.2. The van der Waals surface area contributed by atoms with Gasteiger partial charge in [0.25, 0.3) is 0 Å². The van der Waals surface area contributed by atoms with Crippen molar-refractivity contribution in [3.05, 3.63) is 24.0 Å². The Morgan fingerprint density at radius 1 is 1.53 bits per heavy atom. The van der Waals surface area contributed by atoms with E-state index in [4.69, 9.17) is 10.5 Å². The number of H-pyrrole nitrogens is 1. The second kappa shape index (κ2) is 5.19. The van der Waals surface area contributed by atoms with Crippen molar-refractivity contribution in [1.82, 2.24) is 14.9 Å². The maximum atomic E-state index is 5.79. The average Bonchev–Trinajstić information content (AvgIpc) is 2.80. The van der Waals surface area contributed by atoms with Crippen LogP contribution in [0.5, 0.6) is 0 Å². The lowest BCUT2D eigenvalue weighted by molar-refractivity contribution is -0.0137. The fraction of sp³-hybridized carbons (Fsp3) is 0.500. The molecule has 1 aliphatic heterocycles. The molecule has 1 aromatic carbocycles. The van der Waals surface area contributed by atoms with E-state index in [-0.39, 0.29) is 0 Å². The van der Waals surface area contributed by atoms with E-state index in [0.29, 0.717) is 6.04 Å². The predicted octanol–water partition coefficient (Wildman–Crippen LogP) is 1.76. The number of hydrogen-bond donors (Lipinski definition) is 2. The van der Waals surface area contributed by atoms with Crippen molar-refractivity contribution < 1.29 is 4.74 Å². The maximum absolute atomic E-state index is 5.79. The summed E-state index contributed by atoms with van der Waals surface area (Å²) in [7, 11) is 0. The van der Waals surface area contributed by atoms with E-state index < -0.39 is 0 Å². The zero-order valence-corrected chi connectivity index (χ0v) is 11.2. The monoisotopic (exact) mass is 260 g/mol. The Bertz CT molecular complexity index is 566. The third-order valence-corrected chi connectivity index (χ3v) is 3.73. The maximum Gasteiger partial charge on any atom is 0.121 e. The number of aromatic amines is 1. The number of benzene rings is 1. The minimum Gasteiger partial charge on any atom is -0.399 e. The van der Waals surface area contributed by atoms with E-state index in [0.717, 1.165) is 55.3 Å². The van der Waals surface area contributed by atoms with Gasteiger partial charge in [-0.15, -0.1) is 0 Å². The summed E-state index contributed by atoms with van der Waals surface area (Å²) in [6, 6.07) is 6.27. The highest BCUT2D eigenvalue weighted by Gasteiger charge is 2.22. The molecule has 2 aromatic rings. The van der Waals surface area contributed by atoms with Crippen LogP contribution in [0.2, 0.25) is 0 Å². The van der Waals surface area contributed by atoms with Gasteiger partial charge in [0, 0.05) is 18.3 Å². The molecule has 1 fully saturated rings. The molecule has 0 radical (unpaired) electrons. The van der Waals surface area contributed by atoms with Gasteiger partial charge in [0.15, 0.2) is 0 Å². The highest BCUT2D eigenvalue weighted by molar-refractivity contribution is 5.78. The molecule has 1 aromatic heterocycles. The number of nitrogens with zero attached hydrogens (tertiary/aromatic N) is 2. The van der Waals surface area contributed by atoms with Crippen LogP contribution in [0.4, 0.5) is 5.69 Å². The van der Waals surface area contributed by atoms with Crippen LogP contribution in [0.25, 0.3) is 11.0 Å². The smallest absolute Gasteiger partial charge is 0.121 e. The fourth-order valence-corrected chi connectivity index (χ4v) is 2.62. The highest BCUT2D eigenvalue weighted by Crippen LogP contribution is 2.18. The van der Waals surface area contributed by atoms with E-state index >= 15 is 0 Å². The molecule has 0 amide bonds. The van der Waals surface area contributed by atoms with Crippen molar-refractivity contribution in [1.29, 1.82) is 0 Å². The second-order valence-electron chi connectivity index (χ2n) is 5.07. The van der Waals surface area contributed by atoms with E-state index in [1.165, 1.54) is 0 Å².